The minimum absolute atomic E-state index is 0.983. The molecule has 2 aromatic rings. The Hall–Kier alpha value is -1.25. The van der Waals surface area contributed by atoms with E-state index in [1.807, 2.05) is 12.2 Å². The maximum atomic E-state index is 7.00. The molecule has 0 unspecified atom stereocenters. The number of rotatable bonds is 26. The third kappa shape index (κ3) is 17.3. The lowest BCUT2D eigenvalue weighted by molar-refractivity contribution is 0.516. The molecule has 0 fully saturated rings. The fraction of sp³-hybridized carbons (Fsp3) is 0.619. The predicted octanol–water partition coefficient (Wildman–Crippen LogP) is 12.8. The summed E-state index contributed by atoms with van der Waals surface area (Å²) in [6.07, 6.45) is 22.7. The van der Waals surface area contributed by atoms with Crippen LogP contribution in [-0.4, -0.2) is 32.8 Å². The van der Waals surface area contributed by atoms with Crippen molar-refractivity contribution < 1.29 is 4.12 Å². The summed E-state index contributed by atoms with van der Waals surface area (Å²) in [5.41, 5.74) is 2.83. The highest BCUT2D eigenvalue weighted by molar-refractivity contribution is 6.90. The van der Waals surface area contributed by atoms with Crippen LogP contribution in [0.4, 0.5) is 0 Å². The van der Waals surface area contributed by atoms with Crippen molar-refractivity contribution >= 4 is 43.2 Å². The van der Waals surface area contributed by atoms with Crippen molar-refractivity contribution in [1.29, 1.82) is 0 Å². The van der Waals surface area contributed by atoms with Gasteiger partial charge in [-0.05, 0) is 62.2 Å². The highest BCUT2D eigenvalue weighted by atomic mass is 28.4. The monoisotopic (exact) mass is 706 g/mol. The van der Waals surface area contributed by atoms with Crippen molar-refractivity contribution in [1.82, 2.24) is 0 Å². The molecular weight excluding hydrogens is 633 g/mol. The first-order chi connectivity index (χ1) is 22.2. The van der Waals surface area contributed by atoms with E-state index in [2.05, 4.69) is 114 Å². The van der Waals surface area contributed by atoms with Crippen LogP contribution < -0.4 is 10.4 Å². The molecule has 0 heterocycles. The summed E-state index contributed by atoms with van der Waals surface area (Å²) >= 11 is 0. The molecule has 47 heavy (non-hydrogen) atoms. The molecule has 0 aromatic heterocycles. The Morgan fingerprint density at radius 1 is 0.489 bits per heavy atom. The first-order valence-electron chi connectivity index (χ1n) is 19.3. The zero-order valence-electron chi connectivity index (χ0n) is 32.3. The number of hydrogen-bond donors (Lipinski definition) is 0. The summed E-state index contributed by atoms with van der Waals surface area (Å²) in [4.78, 5) is 0. The van der Waals surface area contributed by atoms with Gasteiger partial charge < -0.3 is 4.12 Å². The number of benzene rings is 2. The molecule has 0 amide bonds. The molecule has 0 saturated heterocycles. The van der Waals surface area contributed by atoms with E-state index in [9.17, 15) is 0 Å². The van der Waals surface area contributed by atoms with E-state index < -0.39 is 32.8 Å². The maximum Gasteiger partial charge on any atom is 0.176 e. The Kier molecular flexibility index (Phi) is 18.8. The Morgan fingerprint density at radius 3 is 1.17 bits per heavy atom. The Morgan fingerprint density at radius 2 is 0.830 bits per heavy atom. The van der Waals surface area contributed by atoms with E-state index in [0.29, 0.717) is 0 Å². The number of unbranched alkanes of at least 4 members (excludes halogenated alkanes) is 10. The molecule has 0 radical (unpaired) electrons. The van der Waals surface area contributed by atoms with Gasteiger partial charge in [0, 0.05) is 0 Å². The fourth-order valence-electron chi connectivity index (χ4n) is 7.37. The van der Waals surface area contributed by atoms with E-state index in [4.69, 9.17) is 4.12 Å². The molecule has 0 saturated carbocycles. The number of hydrogen-bond acceptors (Lipinski definition) is 1. The van der Waals surface area contributed by atoms with Gasteiger partial charge in [-0.15, -0.1) is 13.2 Å². The van der Waals surface area contributed by atoms with Crippen molar-refractivity contribution in [2.24, 2.45) is 0 Å². The molecule has 5 heteroatoms. The standard InChI is InChI=1S/C42H74OSi4/c1-11-27-39-29-25-31-41(37-39)45(6,7)33-21-17-13-15-19-23-35-47(10,43-44(3,4)5)36-24-20-16-14-18-22-34-46(8,9)42-32-26-30-40(38-42)28-12-2/h11-12,25-26,29-32,37-38H,1-2,13-24,27-28,33-36H2,3-10H3. The lowest BCUT2D eigenvalue weighted by atomic mass is 10.1. The van der Waals surface area contributed by atoms with Crippen molar-refractivity contribution in [2.75, 3.05) is 0 Å². The van der Waals surface area contributed by atoms with E-state index in [1.54, 1.807) is 10.4 Å². The average Bonchev–Trinajstić information content (AvgIpc) is 2.99. The van der Waals surface area contributed by atoms with Gasteiger partial charge in [-0.25, -0.2) is 0 Å². The predicted molar refractivity (Wildman–Crippen MR) is 226 cm³/mol. The second-order valence-electron chi connectivity index (χ2n) is 17.1. The molecule has 2 aromatic carbocycles. The third-order valence-corrected chi connectivity index (χ3v) is 24.4. The van der Waals surface area contributed by atoms with Gasteiger partial charge in [0.2, 0.25) is 0 Å². The highest BCUT2D eigenvalue weighted by Crippen LogP contribution is 2.28. The summed E-state index contributed by atoms with van der Waals surface area (Å²) in [6.45, 7) is 27.8. The molecule has 264 valence electrons. The van der Waals surface area contributed by atoms with Crippen LogP contribution in [0.1, 0.15) is 88.2 Å². The smallest absolute Gasteiger partial charge is 0.176 e. The van der Waals surface area contributed by atoms with Gasteiger partial charge in [0.1, 0.15) is 0 Å². The van der Waals surface area contributed by atoms with Crippen LogP contribution in [0.15, 0.2) is 73.8 Å². The molecule has 1 nitrogen and oxygen atoms in total. The first-order valence-corrected chi connectivity index (χ1v) is 32.0. The van der Waals surface area contributed by atoms with Crippen LogP contribution in [0.25, 0.3) is 0 Å². The summed E-state index contributed by atoms with van der Waals surface area (Å²) in [7, 11) is -5.85. The lowest BCUT2D eigenvalue weighted by Crippen LogP contribution is -2.44. The Labute approximate surface area is 297 Å². The van der Waals surface area contributed by atoms with Crippen LogP contribution >= 0.6 is 0 Å². The van der Waals surface area contributed by atoms with Crippen LogP contribution in [0.2, 0.25) is 76.6 Å². The van der Waals surface area contributed by atoms with Crippen molar-refractivity contribution in [3.63, 3.8) is 0 Å². The second kappa shape index (κ2) is 21.1. The van der Waals surface area contributed by atoms with Crippen LogP contribution in [0.5, 0.6) is 0 Å². The van der Waals surface area contributed by atoms with Gasteiger partial charge in [0.05, 0.1) is 16.1 Å². The second-order valence-corrected chi connectivity index (χ2v) is 35.7. The Bertz CT molecular complexity index is 1100. The number of allylic oxidation sites excluding steroid dienone is 2. The molecule has 0 N–H and O–H groups in total. The fourth-order valence-corrected chi connectivity index (χ4v) is 21.4. The zero-order chi connectivity index (χ0) is 34.8. The van der Waals surface area contributed by atoms with Crippen LogP contribution in [0.3, 0.4) is 0 Å². The van der Waals surface area contributed by atoms with Gasteiger partial charge in [-0.2, -0.15) is 0 Å². The molecule has 0 atom stereocenters. The molecule has 0 aliphatic rings. The van der Waals surface area contributed by atoms with Crippen molar-refractivity contribution in [2.45, 2.75) is 166 Å². The molecule has 0 aliphatic carbocycles. The highest BCUT2D eigenvalue weighted by Gasteiger charge is 2.33. The summed E-state index contributed by atoms with van der Waals surface area (Å²) in [5.74, 6) is 0. The Balaban J connectivity index is 1.63. The molecular formula is C42H74OSi4. The zero-order valence-corrected chi connectivity index (χ0v) is 36.3. The van der Waals surface area contributed by atoms with Crippen molar-refractivity contribution in [3.8, 4) is 0 Å². The van der Waals surface area contributed by atoms with E-state index in [-0.39, 0.29) is 0 Å². The first kappa shape index (κ1) is 41.9. The normalized spacial score (nSPS) is 12.8. The van der Waals surface area contributed by atoms with Crippen LogP contribution in [0, 0.1) is 0 Å². The van der Waals surface area contributed by atoms with Gasteiger partial charge in [-0.3, -0.25) is 0 Å². The van der Waals surface area contributed by atoms with Crippen molar-refractivity contribution in [3.05, 3.63) is 85.0 Å². The average molecular weight is 707 g/mol. The molecule has 2 rings (SSSR count). The van der Waals surface area contributed by atoms with E-state index >= 15 is 0 Å². The topological polar surface area (TPSA) is 9.23 Å². The summed E-state index contributed by atoms with van der Waals surface area (Å²) in [6, 6.07) is 24.2. The third-order valence-electron chi connectivity index (χ3n) is 10.2. The quantitative estimate of drug-likeness (QED) is 0.0537. The molecule has 0 spiro atoms. The molecule has 0 bridgehead atoms. The van der Waals surface area contributed by atoms with Gasteiger partial charge in [0.25, 0.3) is 0 Å². The van der Waals surface area contributed by atoms with Crippen LogP contribution in [-0.2, 0) is 17.0 Å². The SMILES string of the molecule is C=CCc1cccc([Si](C)(C)CCCCCCCC[Si](C)(CCCCCCCC[Si](C)(C)c2cccc(CC=C)c2)O[Si](C)(C)C)c1. The maximum absolute atomic E-state index is 7.00. The van der Waals surface area contributed by atoms with E-state index in [0.717, 1.165) is 12.8 Å². The summed E-state index contributed by atoms with van der Waals surface area (Å²) < 4.78 is 7.00. The van der Waals surface area contributed by atoms with Gasteiger partial charge in [0.15, 0.2) is 16.6 Å². The lowest BCUT2D eigenvalue weighted by Gasteiger charge is -2.35. The minimum Gasteiger partial charge on any atom is -0.456 e. The van der Waals surface area contributed by atoms with Gasteiger partial charge >= 0.3 is 0 Å². The summed E-state index contributed by atoms with van der Waals surface area (Å²) in [5, 5.41) is 3.23. The minimum atomic E-state index is -1.62. The molecule has 0 aliphatic heterocycles. The van der Waals surface area contributed by atoms with Gasteiger partial charge in [-0.1, -0.05) is 186 Å². The largest absolute Gasteiger partial charge is 0.456 e. The van der Waals surface area contributed by atoms with E-state index in [1.165, 1.54) is 112 Å².